The van der Waals surface area contributed by atoms with Crippen LogP contribution in [0.1, 0.15) is 12.8 Å². The second-order valence-corrected chi connectivity index (χ2v) is 8.89. The van der Waals surface area contributed by atoms with Crippen molar-refractivity contribution in [2.75, 3.05) is 61.5 Å². The van der Waals surface area contributed by atoms with Gasteiger partial charge in [-0.1, -0.05) is 5.16 Å². The Kier molecular flexibility index (Phi) is 5.72. The molecule has 0 amide bonds. The standard InChI is InChI=1S/C21H26N6O2S/c28-25-19(21-22-5-11-30-21)15-2-1-6-27(13-15)20-17-4-3-16(12-18(17)23-14-24-20)26-7-9-29-10-8-26/h3-4,12,14-15,28H,1-2,5-11,13H2/b25-19+. The average molecular weight is 427 g/mol. The summed E-state index contributed by atoms with van der Waals surface area (Å²) >= 11 is 1.68. The van der Waals surface area contributed by atoms with E-state index in [0.717, 1.165) is 92.0 Å². The molecule has 0 saturated carbocycles. The molecule has 9 heteroatoms. The van der Waals surface area contributed by atoms with Gasteiger partial charge in [0.2, 0.25) is 0 Å². The molecule has 1 aromatic carbocycles. The summed E-state index contributed by atoms with van der Waals surface area (Å²) in [5.41, 5.74) is 2.87. The Labute approximate surface area is 180 Å². The fourth-order valence-electron chi connectivity index (χ4n) is 4.48. The lowest BCUT2D eigenvalue weighted by Crippen LogP contribution is -2.41. The van der Waals surface area contributed by atoms with E-state index in [9.17, 15) is 5.21 Å². The molecule has 158 valence electrons. The van der Waals surface area contributed by atoms with Crippen LogP contribution < -0.4 is 9.80 Å². The van der Waals surface area contributed by atoms with Gasteiger partial charge in [0.15, 0.2) is 0 Å². The lowest BCUT2D eigenvalue weighted by molar-refractivity contribution is 0.122. The van der Waals surface area contributed by atoms with Crippen molar-refractivity contribution in [3.05, 3.63) is 24.5 Å². The molecule has 1 unspecified atom stereocenters. The Morgan fingerprint density at radius 2 is 2.07 bits per heavy atom. The van der Waals surface area contributed by atoms with Crippen molar-refractivity contribution >= 4 is 44.9 Å². The molecule has 1 aromatic heterocycles. The molecule has 1 N–H and O–H groups in total. The molecular formula is C21H26N6O2S. The van der Waals surface area contributed by atoms with Crippen molar-refractivity contribution in [3.8, 4) is 0 Å². The van der Waals surface area contributed by atoms with E-state index < -0.39 is 0 Å². The lowest BCUT2D eigenvalue weighted by atomic mass is 9.93. The molecule has 0 aliphatic carbocycles. The van der Waals surface area contributed by atoms with Crippen LogP contribution >= 0.6 is 11.8 Å². The first-order chi connectivity index (χ1) is 14.8. The summed E-state index contributed by atoms with van der Waals surface area (Å²) in [4.78, 5) is 18.3. The smallest absolute Gasteiger partial charge is 0.139 e. The highest BCUT2D eigenvalue weighted by atomic mass is 32.2. The molecule has 2 aromatic rings. The largest absolute Gasteiger partial charge is 0.411 e. The number of thioether (sulfide) groups is 1. The van der Waals surface area contributed by atoms with Crippen LogP contribution in [-0.2, 0) is 4.74 Å². The summed E-state index contributed by atoms with van der Waals surface area (Å²) in [6.07, 6.45) is 3.68. The number of hydrogen-bond donors (Lipinski definition) is 1. The highest BCUT2D eigenvalue weighted by Crippen LogP contribution is 2.31. The quantitative estimate of drug-likeness (QED) is 0.457. The van der Waals surface area contributed by atoms with Crippen LogP contribution in [-0.4, -0.2) is 77.6 Å². The van der Waals surface area contributed by atoms with Gasteiger partial charge in [0, 0.05) is 55.5 Å². The Morgan fingerprint density at radius 1 is 1.17 bits per heavy atom. The van der Waals surface area contributed by atoms with Crippen LogP contribution in [0.5, 0.6) is 0 Å². The molecule has 30 heavy (non-hydrogen) atoms. The van der Waals surface area contributed by atoms with Gasteiger partial charge in [-0.3, -0.25) is 4.99 Å². The summed E-state index contributed by atoms with van der Waals surface area (Å²) in [7, 11) is 0. The third kappa shape index (κ3) is 3.83. The molecule has 1 atom stereocenters. The van der Waals surface area contributed by atoms with Crippen LogP contribution in [0, 0.1) is 5.92 Å². The Bertz CT molecular complexity index is 975. The number of ether oxygens (including phenoxy) is 1. The first-order valence-corrected chi connectivity index (χ1v) is 11.5. The number of oxime groups is 1. The van der Waals surface area contributed by atoms with Crippen molar-refractivity contribution in [2.45, 2.75) is 12.8 Å². The van der Waals surface area contributed by atoms with E-state index in [-0.39, 0.29) is 5.92 Å². The zero-order chi connectivity index (χ0) is 20.3. The Balaban J connectivity index is 1.41. The summed E-state index contributed by atoms with van der Waals surface area (Å²) in [6, 6.07) is 6.45. The molecular weight excluding hydrogens is 400 g/mol. The number of fused-ring (bicyclic) bond motifs is 1. The van der Waals surface area contributed by atoms with Gasteiger partial charge in [-0.05, 0) is 31.0 Å². The van der Waals surface area contributed by atoms with Crippen molar-refractivity contribution in [1.82, 2.24) is 9.97 Å². The zero-order valence-corrected chi connectivity index (χ0v) is 17.7. The molecule has 3 aliphatic rings. The summed E-state index contributed by atoms with van der Waals surface area (Å²) in [5.74, 6) is 2.08. The summed E-state index contributed by atoms with van der Waals surface area (Å²) in [6.45, 7) is 5.85. The van der Waals surface area contributed by atoms with Crippen molar-refractivity contribution < 1.29 is 9.94 Å². The average Bonchev–Trinajstić information content (AvgIpc) is 3.34. The lowest BCUT2D eigenvalue weighted by Gasteiger charge is -2.34. The van der Waals surface area contributed by atoms with Gasteiger partial charge >= 0.3 is 0 Å². The number of piperidine rings is 1. The minimum absolute atomic E-state index is 0.158. The Hall–Kier alpha value is -2.39. The minimum atomic E-state index is 0.158. The van der Waals surface area contributed by atoms with Crippen LogP contribution in [0.2, 0.25) is 0 Å². The fraction of sp³-hybridized carbons (Fsp3) is 0.524. The molecule has 2 saturated heterocycles. The maximum absolute atomic E-state index is 9.66. The van der Waals surface area contributed by atoms with Crippen LogP contribution in [0.3, 0.4) is 0 Å². The number of aliphatic imine (C=N–C) groups is 1. The minimum Gasteiger partial charge on any atom is -0.411 e. The number of morpholine rings is 1. The van der Waals surface area contributed by atoms with Crippen molar-refractivity contribution in [3.63, 3.8) is 0 Å². The van der Waals surface area contributed by atoms with Crippen LogP contribution in [0.4, 0.5) is 11.5 Å². The van der Waals surface area contributed by atoms with Gasteiger partial charge in [0.1, 0.15) is 22.9 Å². The fourth-order valence-corrected chi connectivity index (χ4v) is 5.40. The van der Waals surface area contributed by atoms with E-state index in [1.165, 1.54) is 5.69 Å². The summed E-state index contributed by atoms with van der Waals surface area (Å²) < 4.78 is 5.47. The second kappa shape index (κ2) is 8.77. The van der Waals surface area contributed by atoms with Crippen molar-refractivity contribution in [2.24, 2.45) is 16.1 Å². The van der Waals surface area contributed by atoms with E-state index in [4.69, 9.17) is 4.74 Å². The molecule has 5 rings (SSSR count). The number of anilines is 2. The van der Waals surface area contributed by atoms with Gasteiger partial charge in [-0.15, -0.1) is 11.8 Å². The van der Waals surface area contributed by atoms with E-state index in [1.807, 2.05) is 0 Å². The SMILES string of the molecule is O/N=C(/C1=NCCS1)C1CCCN(c2ncnc3cc(N4CCOCC4)ccc23)C1. The predicted octanol–water partition coefficient (Wildman–Crippen LogP) is 2.66. The molecule has 0 radical (unpaired) electrons. The van der Waals surface area contributed by atoms with Gasteiger partial charge < -0.3 is 19.7 Å². The number of nitrogens with zero attached hydrogens (tertiary/aromatic N) is 6. The number of rotatable bonds is 4. The molecule has 0 spiro atoms. The van der Waals surface area contributed by atoms with Crippen LogP contribution in [0.25, 0.3) is 10.9 Å². The zero-order valence-electron chi connectivity index (χ0n) is 16.9. The number of benzene rings is 1. The normalized spacial score (nSPS) is 23.1. The number of hydrogen-bond acceptors (Lipinski definition) is 9. The molecule has 3 aliphatic heterocycles. The highest BCUT2D eigenvalue weighted by molar-refractivity contribution is 8.16. The maximum Gasteiger partial charge on any atom is 0.139 e. The molecule has 4 heterocycles. The van der Waals surface area contributed by atoms with Gasteiger partial charge in [-0.2, -0.15) is 0 Å². The third-order valence-electron chi connectivity index (χ3n) is 6.00. The van der Waals surface area contributed by atoms with E-state index in [0.29, 0.717) is 0 Å². The predicted molar refractivity (Wildman–Crippen MR) is 121 cm³/mol. The molecule has 8 nitrogen and oxygen atoms in total. The van der Waals surface area contributed by atoms with Crippen molar-refractivity contribution in [1.29, 1.82) is 0 Å². The third-order valence-corrected chi connectivity index (χ3v) is 6.99. The topological polar surface area (TPSA) is 86.4 Å². The van der Waals surface area contributed by atoms with Gasteiger partial charge in [0.25, 0.3) is 0 Å². The van der Waals surface area contributed by atoms with Gasteiger partial charge in [0.05, 0.1) is 18.7 Å². The summed E-state index contributed by atoms with van der Waals surface area (Å²) in [5, 5.41) is 15.3. The number of aromatic nitrogens is 2. The maximum atomic E-state index is 9.66. The van der Waals surface area contributed by atoms with E-state index in [2.05, 4.69) is 48.1 Å². The van der Waals surface area contributed by atoms with Crippen LogP contribution in [0.15, 0.2) is 34.7 Å². The first-order valence-electron chi connectivity index (χ1n) is 10.6. The second-order valence-electron chi connectivity index (χ2n) is 7.80. The van der Waals surface area contributed by atoms with E-state index >= 15 is 0 Å². The highest BCUT2D eigenvalue weighted by Gasteiger charge is 2.30. The van der Waals surface area contributed by atoms with E-state index in [1.54, 1.807) is 18.1 Å². The first kappa shape index (κ1) is 19.6. The molecule has 2 fully saturated rings. The Morgan fingerprint density at radius 3 is 2.87 bits per heavy atom. The van der Waals surface area contributed by atoms with Gasteiger partial charge in [-0.25, -0.2) is 9.97 Å². The monoisotopic (exact) mass is 426 g/mol. The molecule has 0 bridgehead atoms.